The molecule has 0 spiro atoms. The van der Waals surface area contributed by atoms with E-state index in [1.807, 2.05) is 12.4 Å². The van der Waals surface area contributed by atoms with Crippen molar-refractivity contribution >= 4 is 22.6 Å². The zero-order valence-corrected chi connectivity index (χ0v) is 13.0. The molecule has 0 radical (unpaired) electrons. The largest absolute Gasteiger partial charge is 0.321 e. The van der Waals surface area contributed by atoms with E-state index in [1.165, 1.54) is 16.6 Å². The number of aromatic nitrogens is 3. The molecule has 1 aromatic carbocycles. The van der Waals surface area contributed by atoms with Crippen molar-refractivity contribution in [3.63, 3.8) is 0 Å². The smallest absolute Gasteiger partial charge is 0.111 e. The standard InChI is InChI=1S/C17H18ClN3/c1-12-4-3-5-15-17(12)20-16(6-9-18)21(15)13(2)14-7-10-19-11-8-14/h3-5,7-8,10-11,13H,6,9H2,1-2H3. The highest BCUT2D eigenvalue weighted by Gasteiger charge is 2.17. The molecule has 3 nitrogen and oxygen atoms in total. The van der Waals surface area contributed by atoms with Crippen molar-refractivity contribution in [3.05, 3.63) is 59.7 Å². The molecule has 0 saturated heterocycles. The SMILES string of the molecule is Cc1cccc2c1nc(CCCl)n2C(C)c1ccncc1. The quantitative estimate of drug-likeness (QED) is 0.678. The molecule has 2 aromatic heterocycles. The van der Waals surface area contributed by atoms with Crippen LogP contribution in [0.15, 0.2) is 42.7 Å². The molecule has 0 N–H and O–H groups in total. The minimum absolute atomic E-state index is 0.206. The summed E-state index contributed by atoms with van der Waals surface area (Å²) in [5, 5.41) is 0. The van der Waals surface area contributed by atoms with E-state index in [4.69, 9.17) is 16.6 Å². The lowest BCUT2D eigenvalue weighted by atomic mass is 10.1. The lowest BCUT2D eigenvalue weighted by Gasteiger charge is -2.18. The number of benzene rings is 1. The topological polar surface area (TPSA) is 30.7 Å². The fraction of sp³-hybridized carbons (Fsp3) is 0.294. The van der Waals surface area contributed by atoms with Gasteiger partial charge in [0.1, 0.15) is 5.82 Å². The van der Waals surface area contributed by atoms with Crippen molar-refractivity contribution in [2.75, 3.05) is 5.88 Å². The van der Waals surface area contributed by atoms with Gasteiger partial charge in [-0.15, -0.1) is 11.6 Å². The van der Waals surface area contributed by atoms with E-state index in [0.717, 1.165) is 17.8 Å². The van der Waals surface area contributed by atoms with Crippen LogP contribution in [0.4, 0.5) is 0 Å². The molecular formula is C17H18ClN3. The number of para-hydroxylation sites is 1. The van der Waals surface area contributed by atoms with E-state index < -0.39 is 0 Å². The fourth-order valence-electron chi connectivity index (χ4n) is 2.79. The average molecular weight is 300 g/mol. The van der Waals surface area contributed by atoms with Gasteiger partial charge < -0.3 is 4.57 Å². The van der Waals surface area contributed by atoms with E-state index in [9.17, 15) is 0 Å². The lowest BCUT2D eigenvalue weighted by molar-refractivity contribution is 0.623. The molecule has 21 heavy (non-hydrogen) atoms. The first-order valence-corrected chi connectivity index (χ1v) is 7.68. The summed E-state index contributed by atoms with van der Waals surface area (Å²) in [6.45, 7) is 4.29. The molecule has 0 saturated carbocycles. The van der Waals surface area contributed by atoms with Crippen LogP contribution in [0.1, 0.15) is 29.9 Å². The van der Waals surface area contributed by atoms with Gasteiger partial charge in [0.2, 0.25) is 0 Å². The summed E-state index contributed by atoms with van der Waals surface area (Å²) >= 11 is 5.96. The zero-order chi connectivity index (χ0) is 14.8. The second-order valence-corrected chi connectivity index (χ2v) is 5.61. The number of aryl methyl sites for hydroxylation is 2. The Labute approximate surface area is 129 Å². The van der Waals surface area contributed by atoms with Crippen LogP contribution in [0, 0.1) is 6.92 Å². The van der Waals surface area contributed by atoms with Crippen LogP contribution < -0.4 is 0 Å². The number of pyridine rings is 1. The number of alkyl halides is 1. The fourth-order valence-corrected chi connectivity index (χ4v) is 2.96. The molecule has 3 rings (SSSR count). The molecule has 0 aliphatic heterocycles. The van der Waals surface area contributed by atoms with Crippen molar-refractivity contribution in [3.8, 4) is 0 Å². The molecule has 108 valence electrons. The van der Waals surface area contributed by atoms with Gasteiger partial charge in [0.25, 0.3) is 0 Å². The zero-order valence-electron chi connectivity index (χ0n) is 12.3. The summed E-state index contributed by atoms with van der Waals surface area (Å²) in [4.78, 5) is 8.91. The molecular weight excluding hydrogens is 282 g/mol. The predicted octanol–water partition coefficient (Wildman–Crippen LogP) is 4.13. The van der Waals surface area contributed by atoms with Gasteiger partial charge >= 0.3 is 0 Å². The minimum atomic E-state index is 0.206. The summed E-state index contributed by atoms with van der Waals surface area (Å²) in [6.07, 6.45) is 4.43. The molecule has 0 bridgehead atoms. The summed E-state index contributed by atoms with van der Waals surface area (Å²) in [6, 6.07) is 10.6. The van der Waals surface area contributed by atoms with E-state index in [1.54, 1.807) is 0 Å². The number of fused-ring (bicyclic) bond motifs is 1. The maximum Gasteiger partial charge on any atom is 0.111 e. The van der Waals surface area contributed by atoms with Crippen LogP contribution in [0.3, 0.4) is 0 Å². The van der Waals surface area contributed by atoms with Crippen molar-refractivity contribution in [1.29, 1.82) is 0 Å². The van der Waals surface area contributed by atoms with Crippen LogP contribution in [0.25, 0.3) is 11.0 Å². The van der Waals surface area contributed by atoms with Crippen LogP contribution >= 0.6 is 11.6 Å². The Hall–Kier alpha value is -1.87. The highest BCUT2D eigenvalue weighted by atomic mass is 35.5. The number of hydrogen-bond acceptors (Lipinski definition) is 2. The van der Waals surface area contributed by atoms with Crippen molar-refractivity contribution < 1.29 is 0 Å². The Morgan fingerprint density at radius 1 is 1.19 bits per heavy atom. The second kappa shape index (κ2) is 5.86. The number of hydrogen-bond donors (Lipinski definition) is 0. The molecule has 2 heterocycles. The van der Waals surface area contributed by atoms with E-state index in [2.05, 4.69) is 53.7 Å². The molecule has 0 aliphatic carbocycles. The Balaban J connectivity index is 2.20. The van der Waals surface area contributed by atoms with Gasteiger partial charge in [0, 0.05) is 24.7 Å². The molecule has 4 heteroatoms. The predicted molar refractivity (Wildman–Crippen MR) is 86.9 cm³/mol. The molecule has 0 amide bonds. The molecule has 1 atom stereocenters. The van der Waals surface area contributed by atoms with Gasteiger partial charge in [-0.2, -0.15) is 0 Å². The van der Waals surface area contributed by atoms with Crippen molar-refractivity contribution in [1.82, 2.24) is 14.5 Å². The minimum Gasteiger partial charge on any atom is -0.321 e. The van der Waals surface area contributed by atoms with Gasteiger partial charge in [-0.25, -0.2) is 4.98 Å². The first kappa shape index (κ1) is 14.1. The third-order valence-corrected chi connectivity index (χ3v) is 4.08. The molecule has 3 aromatic rings. The third-order valence-electron chi connectivity index (χ3n) is 3.89. The molecule has 1 unspecified atom stereocenters. The monoisotopic (exact) mass is 299 g/mol. The van der Waals surface area contributed by atoms with Crippen LogP contribution in [0.2, 0.25) is 0 Å². The van der Waals surface area contributed by atoms with Crippen LogP contribution in [-0.4, -0.2) is 20.4 Å². The highest BCUT2D eigenvalue weighted by molar-refractivity contribution is 6.17. The van der Waals surface area contributed by atoms with E-state index in [0.29, 0.717) is 5.88 Å². The van der Waals surface area contributed by atoms with Gasteiger partial charge in [-0.05, 0) is 43.2 Å². The Morgan fingerprint density at radius 3 is 2.67 bits per heavy atom. The van der Waals surface area contributed by atoms with E-state index in [-0.39, 0.29) is 6.04 Å². The number of nitrogens with zero attached hydrogens (tertiary/aromatic N) is 3. The highest BCUT2D eigenvalue weighted by Crippen LogP contribution is 2.27. The first-order chi connectivity index (χ1) is 10.2. The summed E-state index contributed by atoms with van der Waals surface area (Å²) < 4.78 is 2.29. The molecule has 0 fully saturated rings. The van der Waals surface area contributed by atoms with E-state index >= 15 is 0 Å². The summed E-state index contributed by atoms with van der Waals surface area (Å²) in [7, 11) is 0. The lowest BCUT2D eigenvalue weighted by Crippen LogP contribution is -2.11. The number of rotatable bonds is 4. The van der Waals surface area contributed by atoms with Crippen molar-refractivity contribution in [2.24, 2.45) is 0 Å². The first-order valence-electron chi connectivity index (χ1n) is 7.14. The Bertz CT molecular complexity index is 749. The van der Waals surface area contributed by atoms with Gasteiger partial charge in [-0.1, -0.05) is 12.1 Å². The Morgan fingerprint density at radius 2 is 1.95 bits per heavy atom. The third kappa shape index (κ3) is 2.54. The second-order valence-electron chi connectivity index (χ2n) is 5.24. The number of halogens is 1. The maximum atomic E-state index is 5.96. The van der Waals surface area contributed by atoms with Crippen LogP contribution in [0.5, 0.6) is 0 Å². The van der Waals surface area contributed by atoms with Crippen LogP contribution in [-0.2, 0) is 6.42 Å². The molecule has 0 aliphatic rings. The Kier molecular flexibility index (Phi) is 3.93. The maximum absolute atomic E-state index is 5.96. The van der Waals surface area contributed by atoms with Gasteiger partial charge in [0.15, 0.2) is 0 Å². The van der Waals surface area contributed by atoms with Gasteiger partial charge in [-0.3, -0.25) is 4.98 Å². The average Bonchev–Trinajstić information content (AvgIpc) is 2.87. The number of imidazole rings is 1. The summed E-state index contributed by atoms with van der Waals surface area (Å²) in [5.41, 5.74) is 4.66. The normalized spacial score (nSPS) is 12.7. The van der Waals surface area contributed by atoms with Crippen molar-refractivity contribution in [2.45, 2.75) is 26.3 Å². The summed E-state index contributed by atoms with van der Waals surface area (Å²) in [5.74, 6) is 1.62. The van der Waals surface area contributed by atoms with Gasteiger partial charge in [0.05, 0.1) is 17.1 Å².